The number of aryl methyl sites for hydroxylation is 1. The van der Waals surface area contributed by atoms with Crippen LogP contribution in [0.15, 0.2) is 46.9 Å². The minimum Gasteiger partial charge on any atom is -0.492 e. The Hall–Kier alpha value is -1.89. The molecule has 5 nitrogen and oxygen atoms in total. The van der Waals surface area contributed by atoms with Gasteiger partial charge in [-0.1, -0.05) is 28.1 Å². The molecule has 2 aromatic rings. The standard InChI is InChI=1S/C19H18BrNO4/c1-13-3-2-4-15(11-13)23-8-7-21-17-6-5-14(20)12-16(17)19(18(21)22)24-9-10-25-19/h2-6,11-12H,7-10H2,1H3. The van der Waals surface area contributed by atoms with Crippen LogP contribution in [-0.4, -0.2) is 32.3 Å². The van der Waals surface area contributed by atoms with Gasteiger partial charge in [0, 0.05) is 10.0 Å². The molecule has 0 radical (unpaired) electrons. The van der Waals surface area contributed by atoms with Crippen LogP contribution in [0, 0.1) is 6.92 Å². The van der Waals surface area contributed by atoms with E-state index < -0.39 is 5.79 Å². The first-order valence-electron chi connectivity index (χ1n) is 8.19. The third kappa shape index (κ3) is 2.84. The van der Waals surface area contributed by atoms with Crippen molar-refractivity contribution in [3.8, 4) is 5.75 Å². The lowest BCUT2D eigenvalue weighted by molar-refractivity contribution is -0.180. The molecule has 2 heterocycles. The highest BCUT2D eigenvalue weighted by Gasteiger charge is 2.55. The fraction of sp³-hybridized carbons (Fsp3) is 0.316. The molecular formula is C19H18BrNO4. The van der Waals surface area contributed by atoms with Crippen molar-refractivity contribution >= 4 is 27.5 Å². The SMILES string of the molecule is Cc1cccc(OCCN2C(=O)C3(OCCO3)c3cc(Br)ccc32)c1. The first-order valence-corrected chi connectivity index (χ1v) is 8.99. The highest BCUT2D eigenvalue weighted by atomic mass is 79.9. The number of ether oxygens (including phenoxy) is 3. The second-order valence-corrected chi connectivity index (χ2v) is 7.01. The summed E-state index contributed by atoms with van der Waals surface area (Å²) in [4.78, 5) is 14.7. The molecule has 1 fully saturated rings. The maximum absolute atomic E-state index is 13.0. The van der Waals surface area contributed by atoms with Crippen molar-refractivity contribution < 1.29 is 19.0 Å². The van der Waals surface area contributed by atoms with Crippen LogP contribution in [0.4, 0.5) is 5.69 Å². The highest BCUT2D eigenvalue weighted by molar-refractivity contribution is 9.10. The van der Waals surface area contributed by atoms with Gasteiger partial charge in [-0.3, -0.25) is 4.79 Å². The summed E-state index contributed by atoms with van der Waals surface area (Å²) in [7, 11) is 0. The lowest BCUT2D eigenvalue weighted by atomic mass is 10.1. The van der Waals surface area contributed by atoms with Gasteiger partial charge in [0.1, 0.15) is 12.4 Å². The number of hydrogen-bond donors (Lipinski definition) is 0. The van der Waals surface area contributed by atoms with E-state index in [1.807, 2.05) is 49.4 Å². The number of anilines is 1. The van der Waals surface area contributed by atoms with Crippen LogP contribution >= 0.6 is 15.9 Å². The van der Waals surface area contributed by atoms with E-state index in [1.54, 1.807) is 4.90 Å². The van der Waals surface area contributed by atoms with Crippen LogP contribution in [0.25, 0.3) is 0 Å². The van der Waals surface area contributed by atoms with Crippen molar-refractivity contribution in [1.29, 1.82) is 0 Å². The Labute approximate surface area is 154 Å². The Morgan fingerprint density at radius 1 is 1.20 bits per heavy atom. The van der Waals surface area contributed by atoms with Crippen molar-refractivity contribution in [2.24, 2.45) is 0 Å². The minimum absolute atomic E-state index is 0.189. The molecule has 1 amide bonds. The smallest absolute Gasteiger partial charge is 0.292 e. The number of nitrogens with zero attached hydrogens (tertiary/aromatic N) is 1. The number of carbonyl (C=O) groups is 1. The monoisotopic (exact) mass is 403 g/mol. The molecule has 1 saturated heterocycles. The number of carbonyl (C=O) groups excluding carboxylic acids is 1. The summed E-state index contributed by atoms with van der Waals surface area (Å²) in [5, 5.41) is 0. The Morgan fingerprint density at radius 2 is 2.00 bits per heavy atom. The average molecular weight is 404 g/mol. The van der Waals surface area contributed by atoms with E-state index in [9.17, 15) is 4.79 Å². The summed E-state index contributed by atoms with van der Waals surface area (Å²) in [6, 6.07) is 13.6. The molecule has 0 bridgehead atoms. The van der Waals surface area contributed by atoms with Gasteiger partial charge in [0.15, 0.2) is 0 Å². The molecule has 2 aliphatic rings. The molecule has 130 valence electrons. The van der Waals surface area contributed by atoms with E-state index in [2.05, 4.69) is 15.9 Å². The predicted molar refractivity (Wildman–Crippen MR) is 96.8 cm³/mol. The molecule has 0 aromatic heterocycles. The number of rotatable bonds is 4. The summed E-state index contributed by atoms with van der Waals surface area (Å²) in [6.45, 7) is 3.65. The zero-order chi connectivity index (χ0) is 17.4. The van der Waals surface area contributed by atoms with Gasteiger partial charge in [0.25, 0.3) is 11.7 Å². The Balaban J connectivity index is 1.55. The van der Waals surface area contributed by atoms with Crippen LogP contribution < -0.4 is 9.64 Å². The number of amides is 1. The fourth-order valence-electron chi connectivity index (χ4n) is 3.28. The lowest BCUT2D eigenvalue weighted by Gasteiger charge is -2.22. The summed E-state index contributed by atoms with van der Waals surface area (Å²) >= 11 is 3.46. The van der Waals surface area contributed by atoms with Crippen LogP contribution in [0.5, 0.6) is 5.75 Å². The summed E-state index contributed by atoms with van der Waals surface area (Å²) in [5.74, 6) is -0.695. The molecule has 0 unspecified atom stereocenters. The number of halogens is 1. The highest BCUT2D eigenvalue weighted by Crippen LogP contribution is 2.46. The van der Waals surface area contributed by atoms with Gasteiger partial charge in [0.05, 0.1) is 25.4 Å². The maximum Gasteiger partial charge on any atom is 0.292 e. The van der Waals surface area contributed by atoms with Crippen molar-refractivity contribution in [2.45, 2.75) is 12.7 Å². The van der Waals surface area contributed by atoms with E-state index in [1.165, 1.54) is 0 Å². The average Bonchev–Trinajstić information content (AvgIpc) is 3.16. The van der Waals surface area contributed by atoms with Crippen molar-refractivity contribution in [1.82, 2.24) is 0 Å². The Kier molecular flexibility index (Phi) is 4.27. The first kappa shape index (κ1) is 16.6. The van der Waals surface area contributed by atoms with Gasteiger partial charge >= 0.3 is 0 Å². The molecule has 0 saturated carbocycles. The minimum atomic E-state index is -1.30. The predicted octanol–water partition coefficient (Wildman–Crippen LogP) is 3.38. The summed E-state index contributed by atoms with van der Waals surface area (Å²) < 4.78 is 18.1. The van der Waals surface area contributed by atoms with Crippen molar-refractivity contribution in [2.75, 3.05) is 31.3 Å². The number of benzene rings is 2. The Morgan fingerprint density at radius 3 is 2.76 bits per heavy atom. The molecule has 0 aliphatic carbocycles. The maximum atomic E-state index is 13.0. The second-order valence-electron chi connectivity index (χ2n) is 6.10. The Bertz CT molecular complexity index is 817. The lowest BCUT2D eigenvalue weighted by Crippen LogP contribution is -2.42. The van der Waals surface area contributed by atoms with Gasteiger partial charge in [-0.25, -0.2) is 0 Å². The van der Waals surface area contributed by atoms with E-state index in [0.29, 0.717) is 26.4 Å². The van der Waals surface area contributed by atoms with E-state index >= 15 is 0 Å². The van der Waals surface area contributed by atoms with Crippen LogP contribution in [0.3, 0.4) is 0 Å². The first-order chi connectivity index (χ1) is 12.1. The van der Waals surface area contributed by atoms with Crippen LogP contribution in [-0.2, 0) is 20.1 Å². The van der Waals surface area contributed by atoms with Crippen molar-refractivity contribution in [3.63, 3.8) is 0 Å². The van der Waals surface area contributed by atoms with E-state index in [4.69, 9.17) is 14.2 Å². The molecule has 2 aromatic carbocycles. The van der Waals surface area contributed by atoms with Gasteiger partial charge in [-0.2, -0.15) is 0 Å². The second kappa shape index (κ2) is 6.44. The fourth-order valence-corrected chi connectivity index (χ4v) is 3.64. The van der Waals surface area contributed by atoms with Gasteiger partial charge in [-0.05, 0) is 42.8 Å². The third-order valence-corrected chi connectivity index (χ3v) is 4.89. The van der Waals surface area contributed by atoms with Crippen LogP contribution in [0.2, 0.25) is 0 Å². The largest absolute Gasteiger partial charge is 0.492 e. The topological polar surface area (TPSA) is 48.0 Å². The number of hydrogen-bond acceptors (Lipinski definition) is 4. The van der Waals surface area contributed by atoms with Crippen LogP contribution in [0.1, 0.15) is 11.1 Å². The molecule has 4 rings (SSSR count). The molecule has 0 N–H and O–H groups in total. The molecule has 25 heavy (non-hydrogen) atoms. The zero-order valence-electron chi connectivity index (χ0n) is 13.8. The van der Waals surface area contributed by atoms with Gasteiger partial charge in [-0.15, -0.1) is 0 Å². The normalized spacial score (nSPS) is 18.0. The zero-order valence-corrected chi connectivity index (χ0v) is 15.4. The third-order valence-electron chi connectivity index (χ3n) is 4.40. The van der Waals surface area contributed by atoms with Crippen molar-refractivity contribution in [3.05, 3.63) is 58.1 Å². The molecule has 1 spiro atoms. The summed E-state index contributed by atoms with van der Waals surface area (Å²) in [6.07, 6.45) is 0. The van der Waals surface area contributed by atoms with E-state index in [0.717, 1.165) is 27.0 Å². The molecular weight excluding hydrogens is 386 g/mol. The number of fused-ring (bicyclic) bond motifs is 2. The molecule has 2 aliphatic heterocycles. The van der Waals surface area contributed by atoms with E-state index in [-0.39, 0.29) is 5.91 Å². The molecule has 0 atom stereocenters. The van der Waals surface area contributed by atoms with Gasteiger partial charge < -0.3 is 19.1 Å². The van der Waals surface area contributed by atoms with Gasteiger partial charge in [0.2, 0.25) is 0 Å². The quantitative estimate of drug-likeness (QED) is 0.784. The molecule has 6 heteroatoms. The summed E-state index contributed by atoms with van der Waals surface area (Å²) in [5.41, 5.74) is 2.69.